The first kappa shape index (κ1) is 10.0. The van der Waals surface area contributed by atoms with Crippen LogP contribution in [0.4, 0.5) is 0 Å². The van der Waals surface area contributed by atoms with E-state index in [1.165, 1.54) is 19.3 Å². The second kappa shape index (κ2) is 3.02. The number of nitrogens with two attached hydrogens (primary N) is 1. The molecule has 0 unspecified atom stereocenters. The van der Waals surface area contributed by atoms with Crippen LogP contribution in [0.25, 0.3) is 0 Å². The molecule has 0 amide bonds. The fourth-order valence-corrected chi connectivity index (χ4v) is 3.31. The molecule has 0 bridgehead atoms. The molecule has 2 N–H and O–H groups in total. The Morgan fingerprint density at radius 1 is 1.25 bits per heavy atom. The molecule has 1 rings (SSSR count). The Morgan fingerprint density at radius 2 is 1.83 bits per heavy atom. The Balaban J connectivity index is 2.70. The third-order valence-electron chi connectivity index (χ3n) is 3.14. The standard InChI is InChI=1S/C11H23N/c1-9-5-10(2,3)7-11(4,6-9)8-12/h9H,5-8,12H2,1-4H3/t9-,11+/m0/s1. The van der Waals surface area contributed by atoms with Crippen molar-refractivity contribution < 1.29 is 0 Å². The molecule has 0 aliphatic heterocycles. The Bertz CT molecular complexity index is 162. The molecule has 1 aliphatic carbocycles. The summed E-state index contributed by atoms with van der Waals surface area (Å²) in [7, 11) is 0. The van der Waals surface area contributed by atoms with E-state index in [1.807, 2.05) is 0 Å². The van der Waals surface area contributed by atoms with Crippen molar-refractivity contribution >= 4 is 0 Å². The second-order valence-electron chi connectivity index (χ2n) is 5.87. The van der Waals surface area contributed by atoms with Gasteiger partial charge in [0.2, 0.25) is 0 Å². The summed E-state index contributed by atoms with van der Waals surface area (Å²) in [6, 6.07) is 0. The van der Waals surface area contributed by atoms with Crippen molar-refractivity contribution in [3.63, 3.8) is 0 Å². The topological polar surface area (TPSA) is 26.0 Å². The molecule has 1 fully saturated rings. The summed E-state index contributed by atoms with van der Waals surface area (Å²) in [6.45, 7) is 10.3. The summed E-state index contributed by atoms with van der Waals surface area (Å²) in [5, 5.41) is 0. The maximum absolute atomic E-state index is 5.82. The second-order valence-corrected chi connectivity index (χ2v) is 5.87. The average Bonchev–Trinajstić information content (AvgIpc) is 1.82. The van der Waals surface area contributed by atoms with Crippen molar-refractivity contribution in [1.82, 2.24) is 0 Å². The lowest BCUT2D eigenvalue weighted by molar-refractivity contribution is 0.0676. The van der Waals surface area contributed by atoms with Gasteiger partial charge in [-0.2, -0.15) is 0 Å². The van der Waals surface area contributed by atoms with Gasteiger partial charge in [0.1, 0.15) is 0 Å². The first-order chi connectivity index (χ1) is 5.37. The number of hydrogen-bond donors (Lipinski definition) is 1. The number of rotatable bonds is 1. The highest BCUT2D eigenvalue weighted by Crippen LogP contribution is 2.47. The molecule has 1 nitrogen and oxygen atoms in total. The van der Waals surface area contributed by atoms with Gasteiger partial charge in [-0.15, -0.1) is 0 Å². The van der Waals surface area contributed by atoms with Crippen LogP contribution in [0.15, 0.2) is 0 Å². The van der Waals surface area contributed by atoms with E-state index in [-0.39, 0.29) is 0 Å². The molecule has 0 aromatic heterocycles. The highest BCUT2D eigenvalue weighted by molar-refractivity contribution is 4.90. The van der Waals surface area contributed by atoms with Crippen LogP contribution in [-0.4, -0.2) is 6.54 Å². The van der Waals surface area contributed by atoms with Gasteiger partial charge >= 0.3 is 0 Å². The lowest BCUT2D eigenvalue weighted by Crippen LogP contribution is -2.39. The Hall–Kier alpha value is -0.0400. The summed E-state index contributed by atoms with van der Waals surface area (Å²) in [6.07, 6.45) is 3.97. The van der Waals surface area contributed by atoms with Gasteiger partial charge in [-0.25, -0.2) is 0 Å². The van der Waals surface area contributed by atoms with Gasteiger partial charge in [-0.05, 0) is 42.6 Å². The molecule has 0 radical (unpaired) electrons. The predicted octanol–water partition coefficient (Wildman–Crippen LogP) is 2.80. The van der Waals surface area contributed by atoms with E-state index in [4.69, 9.17) is 5.73 Å². The van der Waals surface area contributed by atoms with Crippen LogP contribution in [-0.2, 0) is 0 Å². The molecule has 1 aliphatic rings. The third kappa shape index (κ3) is 2.22. The van der Waals surface area contributed by atoms with Gasteiger partial charge in [0.25, 0.3) is 0 Å². The lowest BCUT2D eigenvalue weighted by Gasteiger charge is -2.45. The van der Waals surface area contributed by atoms with E-state index in [9.17, 15) is 0 Å². The van der Waals surface area contributed by atoms with Crippen molar-refractivity contribution in [2.75, 3.05) is 6.54 Å². The number of hydrogen-bond acceptors (Lipinski definition) is 1. The van der Waals surface area contributed by atoms with Crippen molar-refractivity contribution in [2.45, 2.75) is 47.0 Å². The van der Waals surface area contributed by atoms with Gasteiger partial charge in [-0.1, -0.05) is 27.7 Å². The van der Waals surface area contributed by atoms with Crippen LogP contribution in [0.3, 0.4) is 0 Å². The van der Waals surface area contributed by atoms with Gasteiger partial charge in [0, 0.05) is 0 Å². The Kier molecular flexibility index (Phi) is 2.53. The molecule has 0 aromatic rings. The lowest BCUT2D eigenvalue weighted by atomic mass is 9.61. The van der Waals surface area contributed by atoms with E-state index in [0.29, 0.717) is 10.8 Å². The zero-order valence-corrected chi connectivity index (χ0v) is 8.98. The molecule has 1 saturated carbocycles. The minimum Gasteiger partial charge on any atom is -0.330 e. The summed E-state index contributed by atoms with van der Waals surface area (Å²) in [5.74, 6) is 0.849. The largest absolute Gasteiger partial charge is 0.330 e. The normalized spacial score (nSPS) is 41.2. The van der Waals surface area contributed by atoms with Crippen molar-refractivity contribution in [1.29, 1.82) is 0 Å². The van der Waals surface area contributed by atoms with Gasteiger partial charge in [0.05, 0.1) is 0 Å². The van der Waals surface area contributed by atoms with Crippen LogP contribution < -0.4 is 5.73 Å². The maximum atomic E-state index is 5.82. The smallest absolute Gasteiger partial charge is 0.00229 e. The van der Waals surface area contributed by atoms with Gasteiger partial charge in [0.15, 0.2) is 0 Å². The molecule has 0 saturated heterocycles. The fourth-order valence-electron chi connectivity index (χ4n) is 3.31. The first-order valence-electron chi connectivity index (χ1n) is 5.07. The van der Waals surface area contributed by atoms with Crippen LogP contribution in [0.1, 0.15) is 47.0 Å². The van der Waals surface area contributed by atoms with Crippen LogP contribution in [0, 0.1) is 16.7 Å². The average molecular weight is 169 g/mol. The highest BCUT2D eigenvalue weighted by atomic mass is 14.6. The maximum Gasteiger partial charge on any atom is -0.00229 e. The van der Waals surface area contributed by atoms with Gasteiger partial charge < -0.3 is 5.73 Å². The zero-order chi connectivity index (χ0) is 9.41. The van der Waals surface area contributed by atoms with E-state index >= 15 is 0 Å². The van der Waals surface area contributed by atoms with Crippen LogP contribution >= 0.6 is 0 Å². The molecule has 2 atom stereocenters. The summed E-state index contributed by atoms with van der Waals surface area (Å²) < 4.78 is 0. The molecule has 0 aromatic carbocycles. The molecule has 72 valence electrons. The van der Waals surface area contributed by atoms with Crippen LogP contribution in [0.5, 0.6) is 0 Å². The molecule has 12 heavy (non-hydrogen) atoms. The minimum atomic E-state index is 0.404. The molecule has 1 heteroatoms. The summed E-state index contributed by atoms with van der Waals surface area (Å²) >= 11 is 0. The van der Waals surface area contributed by atoms with Crippen molar-refractivity contribution in [2.24, 2.45) is 22.5 Å². The highest BCUT2D eigenvalue weighted by Gasteiger charge is 2.38. The summed E-state index contributed by atoms with van der Waals surface area (Å²) in [5.41, 5.74) is 6.73. The molecular weight excluding hydrogens is 146 g/mol. The molecule has 0 heterocycles. The zero-order valence-electron chi connectivity index (χ0n) is 8.98. The quantitative estimate of drug-likeness (QED) is 0.642. The van der Waals surface area contributed by atoms with E-state index in [0.717, 1.165) is 12.5 Å². The molecule has 0 spiro atoms. The molecular formula is C11H23N. The van der Waals surface area contributed by atoms with E-state index in [2.05, 4.69) is 27.7 Å². The van der Waals surface area contributed by atoms with E-state index < -0.39 is 0 Å². The van der Waals surface area contributed by atoms with E-state index in [1.54, 1.807) is 0 Å². The van der Waals surface area contributed by atoms with Crippen molar-refractivity contribution in [3.05, 3.63) is 0 Å². The van der Waals surface area contributed by atoms with Crippen LogP contribution in [0.2, 0.25) is 0 Å². The Labute approximate surface area is 76.7 Å². The first-order valence-corrected chi connectivity index (χ1v) is 5.07. The van der Waals surface area contributed by atoms with Crippen molar-refractivity contribution in [3.8, 4) is 0 Å². The minimum absolute atomic E-state index is 0.404. The van der Waals surface area contributed by atoms with Gasteiger partial charge in [-0.3, -0.25) is 0 Å². The predicted molar refractivity (Wildman–Crippen MR) is 54.0 cm³/mol. The fraction of sp³-hybridized carbons (Fsp3) is 1.00. The third-order valence-corrected chi connectivity index (χ3v) is 3.14. The SMILES string of the molecule is C[C@H]1CC(C)(C)C[C@](C)(CN)C1. The Morgan fingerprint density at radius 3 is 2.25 bits per heavy atom. The monoisotopic (exact) mass is 169 g/mol. The summed E-state index contributed by atoms with van der Waals surface area (Å²) in [4.78, 5) is 0.